The van der Waals surface area contributed by atoms with E-state index in [1.54, 1.807) is 30.0 Å². The van der Waals surface area contributed by atoms with Crippen LogP contribution in [0.2, 0.25) is 0 Å². The highest BCUT2D eigenvalue weighted by Gasteiger charge is 2.30. The summed E-state index contributed by atoms with van der Waals surface area (Å²) in [5, 5.41) is 10.7. The Bertz CT molecular complexity index is 1020. The van der Waals surface area contributed by atoms with Gasteiger partial charge in [-0.1, -0.05) is 24.3 Å². The van der Waals surface area contributed by atoms with Crippen LogP contribution in [0, 0.1) is 6.92 Å². The number of hydrogen-bond donors (Lipinski definition) is 2. The van der Waals surface area contributed by atoms with Gasteiger partial charge in [-0.2, -0.15) is 18.3 Å². The Balaban J connectivity index is 1.70. The molecule has 0 spiro atoms. The molecular formula is C20H19F3N4OS. The normalized spacial score (nSPS) is 11.2. The minimum absolute atomic E-state index is 0.212. The van der Waals surface area contributed by atoms with Gasteiger partial charge in [0, 0.05) is 11.8 Å². The Kier molecular flexibility index (Phi) is 6.07. The predicted octanol–water partition coefficient (Wildman–Crippen LogP) is 5.08. The topological polar surface area (TPSA) is 51.1 Å². The smallest absolute Gasteiger partial charge is 0.416 e. The van der Waals surface area contributed by atoms with E-state index >= 15 is 0 Å². The first-order valence-corrected chi connectivity index (χ1v) is 9.08. The number of thiocarbonyl (C=S) groups is 1. The van der Waals surface area contributed by atoms with Gasteiger partial charge in [-0.3, -0.25) is 4.68 Å². The zero-order valence-corrected chi connectivity index (χ0v) is 16.6. The summed E-state index contributed by atoms with van der Waals surface area (Å²) in [6, 6.07) is 14.3. The summed E-state index contributed by atoms with van der Waals surface area (Å²) in [5.74, 6) is 1.13. The molecule has 3 aromatic rings. The highest BCUT2D eigenvalue weighted by atomic mass is 32.1. The van der Waals surface area contributed by atoms with Gasteiger partial charge in [0.05, 0.1) is 24.9 Å². The molecule has 0 aliphatic heterocycles. The van der Waals surface area contributed by atoms with Crippen molar-refractivity contribution in [1.29, 1.82) is 0 Å². The molecule has 0 fully saturated rings. The van der Waals surface area contributed by atoms with Crippen LogP contribution in [0.5, 0.6) is 5.75 Å². The van der Waals surface area contributed by atoms with E-state index in [-0.39, 0.29) is 6.54 Å². The van der Waals surface area contributed by atoms with Crippen molar-refractivity contribution in [1.82, 2.24) is 9.78 Å². The Morgan fingerprint density at radius 1 is 1.10 bits per heavy atom. The summed E-state index contributed by atoms with van der Waals surface area (Å²) in [6.07, 6.45) is -4.38. The zero-order valence-electron chi connectivity index (χ0n) is 15.7. The second-order valence-corrected chi connectivity index (χ2v) is 6.71. The summed E-state index contributed by atoms with van der Waals surface area (Å²) < 4.78 is 45.6. The fraction of sp³-hybridized carbons (Fsp3) is 0.200. The average Bonchev–Trinajstić information content (AvgIpc) is 3.00. The quantitative estimate of drug-likeness (QED) is 0.564. The second kappa shape index (κ2) is 8.52. The summed E-state index contributed by atoms with van der Waals surface area (Å²) in [5.41, 5.74) is 1.31. The van der Waals surface area contributed by atoms with E-state index in [2.05, 4.69) is 15.7 Å². The molecule has 0 unspecified atom stereocenters. The molecule has 0 saturated carbocycles. The third-order valence-electron chi connectivity index (χ3n) is 4.16. The van der Waals surface area contributed by atoms with Crippen LogP contribution < -0.4 is 15.4 Å². The zero-order chi connectivity index (χ0) is 21.0. The van der Waals surface area contributed by atoms with Crippen molar-refractivity contribution in [2.75, 3.05) is 17.7 Å². The number of halogens is 3. The Hall–Kier alpha value is -3.07. The minimum Gasteiger partial charge on any atom is -0.495 e. The van der Waals surface area contributed by atoms with E-state index in [1.165, 1.54) is 6.07 Å². The maximum atomic E-state index is 12.9. The predicted molar refractivity (Wildman–Crippen MR) is 110 cm³/mol. The number of alkyl halides is 3. The van der Waals surface area contributed by atoms with Crippen molar-refractivity contribution in [2.24, 2.45) is 0 Å². The molecule has 0 aliphatic rings. The van der Waals surface area contributed by atoms with E-state index in [1.807, 2.05) is 25.1 Å². The van der Waals surface area contributed by atoms with Crippen LogP contribution in [-0.4, -0.2) is 22.0 Å². The number of anilines is 2. The molecule has 2 aromatic carbocycles. The van der Waals surface area contributed by atoms with Crippen molar-refractivity contribution in [3.63, 3.8) is 0 Å². The van der Waals surface area contributed by atoms with Crippen molar-refractivity contribution >= 4 is 28.8 Å². The van der Waals surface area contributed by atoms with Crippen LogP contribution in [-0.2, 0) is 12.7 Å². The van der Waals surface area contributed by atoms with Gasteiger partial charge in [0.1, 0.15) is 5.75 Å². The highest BCUT2D eigenvalue weighted by molar-refractivity contribution is 7.80. The molecule has 9 heteroatoms. The third-order valence-corrected chi connectivity index (χ3v) is 4.37. The number of rotatable bonds is 5. The standard InChI is InChI=1S/C20H19F3N4OS/c1-13-10-18(25-19(29)24-16-8-3-4-9-17(16)28-2)26-27(13)12-14-6-5-7-15(11-14)20(21,22)23/h3-11H,12H2,1-2H3,(H2,24,25,26,29). The summed E-state index contributed by atoms with van der Waals surface area (Å²) in [7, 11) is 1.57. The molecule has 152 valence electrons. The fourth-order valence-electron chi connectivity index (χ4n) is 2.77. The van der Waals surface area contributed by atoms with Crippen LogP contribution in [0.15, 0.2) is 54.6 Å². The molecule has 0 atom stereocenters. The molecule has 3 rings (SSSR count). The van der Waals surface area contributed by atoms with Gasteiger partial charge >= 0.3 is 6.18 Å². The van der Waals surface area contributed by atoms with Gasteiger partial charge in [0.15, 0.2) is 10.9 Å². The van der Waals surface area contributed by atoms with Gasteiger partial charge in [0.2, 0.25) is 0 Å². The molecule has 0 bridgehead atoms. The molecule has 1 heterocycles. The number of methoxy groups -OCH3 is 1. The first-order valence-electron chi connectivity index (χ1n) is 8.68. The lowest BCUT2D eigenvalue weighted by molar-refractivity contribution is -0.137. The molecule has 0 aliphatic carbocycles. The molecule has 0 amide bonds. The summed E-state index contributed by atoms with van der Waals surface area (Å²) in [6.45, 7) is 2.03. The van der Waals surface area contributed by atoms with Crippen LogP contribution >= 0.6 is 12.2 Å². The van der Waals surface area contributed by atoms with E-state index < -0.39 is 11.7 Å². The van der Waals surface area contributed by atoms with Crippen LogP contribution in [0.4, 0.5) is 24.7 Å². The fourth-order valence-corrected chi connectivity index (χ4v) is 2.98. The minimum atomic E-state index is -4.38. The van der Waals surface area contributed by atoms with Crippen LogP contribution in [0.25, 0.3) is 0 Å². The number of para-hydroxylation sites is 2. The highest BCUT2D eigenvalue weighted by Crippen LogP contribution is 2.29. The summed E-state index contributed by atoms with van der Waals surface area (Å²) >= 11 is 5.31. The molecule has 29 heavy (non-hydrogen) atoms. The molecule has 0 saturated heterocycles. The number of nitrogens with zero attached hydrogens (tertiary/aromatic N) is 2. The number of aryl methyl sites for hydroxylation is 1. The Labute approximate surface area is 171 Å². The number of ether oxygens (including phenoxy) is 1. The second-order valence-electron chi connectivity index (χ2n) is 6.31. The monoisotopic (exact) mass is 420 g/mol. The lowest BCUT2D eigenvalue weighted by Gasteiger charge is -2.12. The maximum Gasteiger partial charge on any atom is 0.416 e. The molecule has 0 radical (unpaired) electrons. The lowest BCUT2D eigenvalue weighted by Crippen LogP contribution is -2.20. The first kappa shape index (κ1) is 20.7. The SMILES string of the molecule is COc1ccccc1NC(=S)Nc1cc(C)n(Cc2cccc(C(F)(F)F)c2)n1. The molecular weight excluding hydrogens is 401 g/mol. The molecule has 5 nitrogen and oxygen atoms in total. The van der Waals surface area contributed by atoms with Crippen molar-refractivity contribution < 1.29 is 17.9 Å². The van der Waals surface area contributed by atoms with Gasteiger partial charge < -0.3 is 15.4 Å². The molecule has 1 aromatic heterocycles. The Morgan fingerprint density at radius 3 is 2.59 bits per heavy atom. The number of nitrogens with one attached hydrogen (secondary N) is 2. The van der Waals surface area contributed by atoms with Gasteiger partial charge in [-0.15, -0.1) is 0 Å². The first-order chi connectivity index (χ1) is 13.8. The van der Waals surface area contributed by atoms with E-state index in [4.69, 9.17) is 17.0 Å². The summed E-state index contributed by atoms with van der Waals surface area (Å²) in [4.78, 5) is 0. The van der Waals surface area contributed by atoms with E-state index in [9.17, 15) is 13.2 Å². The largest absolute Gasteiger partial charge is 0.495 e. The Morgan fingerprint density at radius 2 is 1.86 bits per heavy atom. The maximum absolute atomic E-state index is 12.9. The third kappa shape index (κ3) is 5.26. The average molecular weight is 420 g/mol. The van der Waals surface area contributed by atoms with E-state index in [0.717, 1.165) is 17.8 Å². The van der Waals surface area contributed by atoms with Crippen molar-refractivity contribution in [3.8, 4) is 5.75 Å². The van der Waals surface area contributed by atoms with Crippen LogP contribution in [0.3, 0.4) is 0 Å². The number of hydrogen-bond acceptors (Lipinski definition) is 3. The van der Waals surface area contributed by atoms with Crippen molar-refractivity contribution in [3.05, 3.63) is 71.4 Å². The number of benzene rings is 2. The molecule has 2 N–H and O–H groups in total. The number of aromatic nitrogens is 2. The van der Waals surface area contributed by atoms with Gasteiger partial charge in [0.25, 0.3) is 0 Å². The van der Waals surface area contributed by atoms with Gasteiger partial charge in [-0.05, 0) is 49.0 Å². The van der Waals surface area contributed by atoms with Crippen molar-refractivity contribution in [2.45, 2.75) is 19.6 Å². The van der Waals surface area contributed by atoms with E-state index in [0.29, 0.717) is 27.9 Å². The lowest BCUT2D eigenvalue weighted by atomic mass is 10.1. The van der Waals surface area contributed by atoms with Crippen LogP contribution in [0.1, 0.15) is 16.8 Å². The van der Waals surface area contributed by atoms with Gasteiger partial charge in [-0.25, -0.2) is 0 Å².